The maximum absolute atomic E-state index is 12.7. The molecule has 1 saturated carbocycles. The molecule has 0 aromatic heterocycles. The molecule has 0 amide bonds. The summed E-state index contributed by atoms with van der Waals surface area (Å²) in [6, 6.07) is 5.43. The van der Waals surface area contributed by atoms with Gasteiger partial charge in [-0.2, -0.15) is 13.2 Å². The molecule has 0 heterocycles. The molecule has 1 fully saturated rings. The normalized spacial score (nSPS) is 22.4. The quantitative estimate of drug-likeness (QED) is 0.732. The van der Waals surface area contributed by atoms with Gasteiger partial charge in [-0.1, -0.05) is 6.07 Å². The second-order valence-corrected chi connectivity index (χ2v) is 6.74. The zero-order valence-corrected chi connectivity index (χ0v) is 13.2. The number of carbonyl (C=O) groups excluding carboxylic acids is 1. The number of benzene rings is 1. The van der Waals surface area contributed by atoms with Crippen molar-refractivity contribution in [1.82, 2.24) is 0 Å². The lowest BCUT2D eigenvalue weighted by molar-refractivity contribution is -0.149. The van der Waals surface area contributed by atoms with Gasteiger partial charge in [-0.15, -0.1) is 11.8 Å². The summed E-state index contributed by atoms with van der Waals surface area (Å²) in [7, 11) is 0. The standard InChI is InChI=1S/C16H19F3O2S/c1-2-21-15(20)11-6-8-13(9-7-11)22-14-5-3-4-12(10-14)16(17,18)19/h3-5,10-11,13H,2,6-9H2,1H3. The molecule has 2 nitrogen and oxygen atoms in total. The lowest BCUT2D eigenvalue weighted by Crippen LogP contribution is -2.24. The third-order valence-corrected chi connectivity index (χ3v) is 5.09. The monoisotopic (exact) mass is 332 g/mol. The van der Waals surface area contributed by atoms with Gasteiger partial charge >= 0.3 is 12.1 Å². The van der Waals surface area contributed by atoms with E-state index in [9.17, 15) is 18.0 Å². The van der Waals surface area contributed by atoms with Crippen LogP contribution in [0.1, 0.15) is 38.2 Å². The van der Waals surface area contributed by atoms with E-state index in [4.69, 9.17) is 4.74 Å². The van der Waals surface area contributed by atoms with Crippen LogP contribution < -0.4 is 0 Å². The second kappa shape index (κ2) is 7.40. The number of rotatable bonds is 4. The summed E-state index contributed by atoms with van der Waals surface area (Å²) in [6.07, 6.45) is -1.17. The zero-order valence-electron chi connectivity index (χ0n) is 12.4. The number of carbonyl (C=O) groups is 1. The number of ether oxygens (including phenoxy) is 1. The van der Waals surface area contributed by atoms with E-state index in [1.165, 1.54) is 23.9 Å². The van der Waals surface area contributed by atoms with Crippen LogP contribution in [0, 0.1) is 5.92 Å². The average Bonchev–Trinajstić information content (AvgIpc) is 2.48. The molecule has 1 aromatic rings. The maximum atomic E-state index is 12.7. The number of esters is 1. The average molecular weight is 332 g/mol. The predicted molar refractivity (Wildman–Crippen MR) is 79.7 cm³/mol. The summed E-state index contributed by atoms with van der Waals surface area (Å²) >= 11 is 1.47. The molecule has 2 rings (SSSR count). The molecule has 0 spiro atoms. The van der Waals surface area contributed by atoms with Gasteiger partial charge in [0.15, 0.2) is 0 Å². The van der Waals surface area contributed by atoms with Crippen LogP contribution in [0.2, 0.25) is 0 Å². The van der Waals surface area contributed by atoms with Crippen LogP contribution in [0.25, 0.3) is 0 Å². The van der Waals surface area contributed by atoms with Gasteiger partial charge in [-0.05, 0) is 50.8 Å². The largest absolute Gasteiger partial charge is 0.466 e. The molecular weight excluding hydrogens is 313 g/mol. The SMILES string of the molecule is CCOC(=O)C1CCC(Sc2cccc(C(F)(F)F)c2)CC1. The summed E-state index contributed by atoms with van der Waals surface area (Å²) in [5, 5.41) is 0.258. The van der Waals surface area contributed by atoms with Crippen molar-refractivity contribution >= 4 is 17.7 Å². The van der Waals surface area contributed by atoms with Gasteiger partial charge in [0.1, 0.15) is 0 Å². The molecule has 0 atom stereocenters. The van der Waals surface area contributed by atoms with Crippen LogP contribution in [0.15, 0.2) is 29.2 Å². The van der Waals surface area contributed by atoms with Crippen LogP contribution in [-0.2, 0) is 15.7 Å². The number of hydrogen-bond donors (Lipinski definition) is 0. The fourth-order valence-corrected chi connectivity index (χ4v) is 3.86. The van der Waals surface area contributed by atoms with Gasteiger partial charge in [-0.3, -0.25) is 4.79 Å². The van der Waals surface area contributed by atoms with E-state index >= 15 is 0 Å². The lowest BCUT2D eigenvalue weighted by atomic mass is 9.89. The van der Waals surface area contributed by atoms with E-state index in [-0.39, 0.29) is 17.1 Å². The van der Waals surface area contributed by atoms with E-state index < -0.39 is 11.7 Å². The van der Waals surface area contributed by atoms with Crippen molar-refractivity contribution in [2.75, 3.05) is 6.61 Å². The van der Waals surface area contributed by atoms with E-state index in [1.807, 2.05) is 0 Å². The minimum absolute atomic E-state index is 0.0571. The smallest absolute Gasteiger partial charge is 0.416 e. The van der Waals surface area contributed by atoms with Gasteiger partial charge in [0.25, 0.3) is 0 Å². The van der Waals surface area contributed by atoms with Crippen LogP contribution in [0.4, 0.5) is 13.2 Å². The second-order valence-electron chi connectivity index (χ2n) is 5.37. The molecule has 0 radical (unpaired) electrons. The molecule has 6 heteroatoms. The highest BCUT2D eigenvalue weighted by molar-refractivity contribution is 8.00. The summed E-state index contributed by atoms with van der Waals surface area (Å²) in [4.78, 5) is 12.3. The molecule has 0 aliphatic heterocycles. The molecule has 1 aliphatic rings. The zero-order chi connectivity index (χ0) is 16.2. The first-order valence-corrected chi connectivity index (χ1v) is 8.28. The van der Waals surface area contributed by atoms with E-state index in [1.54, 1.807) is 13.0 Å². The maximum Gasteiger partial charge on any atom is 0.416 e. The van der Waals surface area contributed by atoms with Crippen molar-refractivity contribution in [3.63, 3.8) is 0 Å². The number of alkyl halides is 3. The Morgan fingerprint density at radius 3 is 2.55 bits per heavy atom. The third kappa shape index (κ3) is 4.66. The Balaban J connectivity index is 1.90. The molecule has 0 unspecified atom stereocenters. The topological polar surface area (TPSA) is 26.3 Å². The molecule has 0 bridgehead atoms. The van der Waals surface area contributed by atoms with E-state index in [0.29, 0.717) is 11.5 Å². The van der Waals surface area contributed by atoms with Crippen LogP contribution >= 0.6 is 11.8 Å². The molecule has 0 N–H and O–H groups in total. The Bertz CT molecular complexity index is 508. The van der Waals surface area contributed by atoms with E-state index in [2.05, 4.69) is 0 Å². The molecule has 22 heavy (non-hydrogen) atoms. The van der Waals surface area contributed by atoms with Crippen molar-refractivity contribution in [2.24, 2.45) is 5.92 Å². The summed E-state index contributed by atoms with van der Waals surface area (Å²) < 4.78 is 43.1. The first kappa shape index (κ1) is 17.2. The minimum atomic E-state index is -4.31. The van der Waals surface area contributed by atoms with Crippen molar-refractivity contribution < 1.29 is 22.7 Å². The molecule has 0 saturated heterocycles. The van der Waals surface area contributed by atoms with Crippen LogP contribution in [0.5, 0.6) is 0 Å². The summed E-state index contributed by atoms with van der Waals surface area (Å²) in [5.74, 6) is -0.205. The fourth-order valence-electron chi connectivity index (χ4n) is 2.61. The van der Waals surface area contributed by atoms with Crippen molar-refractivity contribution in [2.45, 2.75) is 48.9 Å². The first-order valence-electron chi connectivity index (χ1n) is 7.40. The van der Waals surface area contributed by atoms with Crippen molar-refractivity contribution in [3.8, 4) is 0 Å². The highest BCUT2D eigenvalue weighted by atomic mass is 32.2. The minimum Gasteiger partial charge on any atom is -0.466 e. The molecule has 122 valence electrons. The van der Waals surface area contributed by atoms with Gasteiger partial charge in [0.05, 0.1) is 18.1 Å². The summed E-state index contributed by atoms with van der Waals surface area (Å²) in [6.45, 7) is 2.17. The Morgan fingerprint density at radius 1 is 1.27 bits per heavy atom. The highest BCUT2D eigenvalue weighted by Gasteiger charge is 2.31. The Hall–Kier alpha value is -1.17. The molecular formula is C16H19F3O2S. The first-order chi connectivity index (χ1) is 10.4. The van der Waals surface area contributed by atoms with Gasteiger partial charge in [0, 0.05) is 10.1 Å². The lowest BCUT2D eigenvalue weighted by Gasteiger charge is -2.26. The Labute approximate surface area is 132 Å². The number of thioether (sulfide) groups is 1. The van der Waals surface area contributed by atoms with Crippen LogP contribution in [0.3, 0.4) is 0 Å². The van der Waals surface area contributed by atoms with Crippen LogP contribution in [-0.4, -0.2) is 17.8 Å². The molecule has 1 aliphatic carbocycles. The van der Waals surface area contributed by atoms with Gasteiger partial charge < -0.3 is 4.74 Å². The number of halogens is 3. The van der Waals surface area contributed by atoms with Gasteiger partial charge in [-0.25, -0.2) is 0 Å². The Kier molecular flexibility index (Phi) is 5.78. The van der Waals surface area contributed by atoms with E-state index in [0.717, 1.165) is 31.7 Å². The Morgan fingerprint density at radius 2 is 1.95 bits per heavy atom. The highest BCUT2D eigenvalue weighted by Crippen LogP contribution is 2.38. The summed E-state index contributed by atoms with van der Waals surface area (Å²) in [5.41, 5.74) is -0.613. The third-order valence-electron chi connectivity index (χ3n) is 3.76. The number of hydrogen-bond acceptors (Lipinski definition) is 3. The van der Waals surface area contributed by atoms with Crippen molar-refractivity contribution in [3.05, 3.63) is 29.8 Å². The molecule has 1 aromatic carbocycles. The van der Waals surface area contributed by atoms with Crippen molar-refractivity contribution in [1.29, 1.82) is 0 Å². The van der Waals surface area contributed by atoms with Gasteiger partial charge in [0.2, 0.25) is 0 Å². The fraction of sp³-hybridized carbons (Fsp3) is 0.562. The predicted octanol–water partition coefficient (Wildman–Crippen LogP) is 4.92.